The van der Waals surface area contributed by atoms with Crippen molar-refractivity contribution in [2.24, 2.45) is 0 Å². The minimum Gasteiger partial charge on any atom is -0.492 e. The van der Waals surface area contributed by atoms with Crippen molar-refractivity contribution in [2.75, 3.05) is 49.1 Å². The monoisotopic (exact) mass is 454 g/mol. The first kappa shape index (κ1) is 22.5. The van der Waals surface area contributed by atoms with Crippen molar-refractivity contribution in [3.05, 3.63) is 40.9 Å². The average Bonchev–Trinajstić information content (AvgIpc) is 2.72. The highest BCUT2D eigenvalue weighted by Gasteiger charge is 2.24. The quantitative estimate of drug-likeness (QED) is 0.647. The molecule has 1 saturated heterocycles. The fourth-order valence-corrected chi connectivity index (χ4v) is 4.87. The van der Waals surface area contributed by atoms with Gasteiger partial charge in [0.2, 0.25) is 0 Å². The zero-order valence-electron chi connectivity index (χ0n) is 17.4. The van der Waals surface area contributed by atoms with Crippen molar-refractivity contribution in [3.63, 3.8) is 0 Å². The third kappa shape index (κ3) is 4.94. The molecule has 0 radical (unpaired) electrons. The Morgan fingerprint density at radius 2 is 1.77 bits per heavy atom. The Balaban J connectivity index is 2.04. The molecule has 2 aromatic carbocycles. The highest BCUT2D eigenvalue weighted by atomic mass is 35.5. The zero-order valence-corrected chi connectivity index (χ0v) is 19.0. The van der Waals surface area contributed by atoms with E-state index >= 15 is 0 Å². The largest absolute Gasteiger partial charge is 0.492 e. The Kier molecular flexibility index (Phi) is 7.33. The minimum atomic E-state index is -3.88. The first-order valence-electron chi connectivity index (χ1n) is 9.91. The van der Waals surface area contributed by atoms with Gasteiger partial charge in [-0.2, -0.15) is 0 Å². The Morgan fingerprint density at radius 1 is 1.10 bits per heavy atom. The lowest BCUT2D eigenvalue weighted by Gasteiger charge is -2.31. The lowest BCUT2D eigenvalue weighted by Crippen LogP contribution is -2.36. The standard InChI is InChI=1S/C21H27ClN2O5S/c1-4-28-19-14-18(24-9-11-27-12-10-24)20(29-5-2)13-17(19)23-30(25,26)21-8-6-7-16(22)15(21)3/h6-8,13-14,23H,4-5,9-12H2,1-3H3. The van der Waals surface area contributed by atoms with Crippen LogP contribution in [0, 0.1) is 6.92 Å². The van der Waals surface area contributed by atoms with Crippen LogP contribution in [0.4, 0.5) is 11.4 Å². The summed E-state index contributed by atoms with van der Waals surface area (Å²) in [5.74, 6) is 1.02. The van der Waals surface area contributed by atoms with Gasteiger partial charge in [0.25, 0.3) is 10.0 Å². The number of ether oxygens (including phenoxy) is 3. The topological polar surface area (TPSA) is 77.1 Å². The average molecular weight is 455 g/mol. The zero-order chi connectivity index (χ0) is 21.7. The maximum atomic E-state index is 13.1. The number of anilines is 2. The smallest absolute Gasteiger partial charge is 0.262 e. The molecule has 1 aliphatic heterocycles. The molecule has 0 amide bonds. The van der Waals surface area contributed by atoms with E-state index in [9.17, 15) is 8.42 Å². The van der Waals surface area contributed by atoms with E-state index in [0.717, 1.165) is 18.8 Å². The molecular weight excluding hydrogens is 428 g/mol. The van der Waals surface area contributed by atoms with Gasteiger partial charge in [-0.05, 0) is 38.5 Å². The van der Waals surface area contributed by atoms with E-state index in [4.69, 9.17) is 25.8 Å². The normalized spacial score (nSPS) is 14.5. The summed E-state index contributed by atoms with van der Waals surface area (Å²) in [4.78, 5) is 2.27. The van der Waals surface area contributed by atoms with Gasteiger partial charge in [-0.15, -0.1) is 0 Å². The molecule has 0 atom stereocenters. The second-order valence-electron chi connectivity index (χ2n) is 6.75. The molecule has 0 aliphatic carbocycles. The van der Waals surface area contributed by atoms with Gasteiger partial charge < -0.3 is 19.1 Å². The van der Waals surface area contributed by atoms with Gasteiger partial charge in [0.15, 0.2) is 0 Å². The van der Waals surface area contributed by atoms with Gasteiger partial charge in [0.05, 0.1) is 42.7 Å². The SMILES string of the molecule is CCOc1cc(N2CCOCC2)c(OCC)cc1NS(=O)(=O)c1cccc(Cl)c1C. The van der Waals surface area contributed by atoms with Crippen LogP contribution in [0.3, 0.4) is 0 Å². The van der Waals surface area contributed by atoms with E-state index in [1.165, 1.54) is 6.07 Å². The fourth-order valence-electron chi connectivity index (χ4n) is 3.30. The Morgan fingerprint density at radius 3 is 2.43 bits per heavy atom. The number of sulfonamides is 1. The van der Waals surface area contributed by atoms with Crippen LogP contribution in [-0.2, 0) is 14.8 Å². The molecule has 1 heterocycles. The van der Waals surface area contributed by atoms with Gasteiger partial charge in [-0.1, -0.05) is 17.7 Å². The summed E-state index contributed by atoms with van der Waals surface area (Å²) in [6.07, 6.45) is 0. The van der Waals surface area contributed by atoms with E-state index in [1.807, 2.05) is 19.9 Å². The van der Waals surface area contributed by atoms with Gasteiger partial charge in [-0.3, -0.25) is 4.72 Å². The highest BCUT2D eigenvalue weighted by molar-refractivity contribution is 7.92. The fraction of sp³-hybridized carbons (Fsp3) is 0.429. The van der Waals surface area contributed by atoms with Crippen LogP contribution in [0.2, 0.25) is 5.02 Å². The molecule has 7 nitrogen and oxygen atoms in total. The van der Waals surface area contributed by atoms with Crippen LogP contribution in [0.5, 0.6) is 11.5 Å². The molecule has 1 N–H and O–H groups in total. The molecule has 0 spiro atoms. The van der Waals surface area contributed by atoms with Gasteiger partial charge >= 0.3 is 0 Å². The molecule has 164 valence electrons. The molecule has 0 unspecified atom stereocenters. The number of hydrogen-bond acceptors (Lipinski definition) is 6. The highest BCUT2D eigenvalue weighted by Crippen LogP contribution is 2.40. The Hall–Kier alpha value is -2.16. The molecule has 0 bridgehead atoms. The van der Waals surface area contributed by atoms with Crippen molar-refractivity contribution in [1.82, 2.24) is 0 Å². The second kappa shape index (κ2) is 9.76. The summed E-state index contributed by atoms with van der Waals surface area (Å²) in [6, 6.07) is 8.29. The van der Waals surface area contributed by atoms with Crippen LogP contribution in [-0.4, -0.2) is 47.9 Å². The second-order valence-corrected chi connectivity index (χ2v) is 8.81. The first-order valence-corrected chi connectivity index (χ1v) is 11.8. The molecular formula is C21H27ClN2O5S. The molecule has 2 aromatic rings. The van der Waals surface area contributed by atoms with Crippen molar-refractivity contribution in [2.45, 2.75) is 25.7 Å². The molecule has 30 heavy (non-hydrogen) atoms. The van der Waals surface area contributed by atoms with Gasteiger partial charge in [0, 0.05) is 30.2 Å². The van der Waals surface area contributed by atoms with Crippen molar-refractivity contribution in [3.8, 4) is 11.5 Å². The molecule has 1 aliphatic rings. The number of morpholine rings is 1. The Bertz CT molecular complexity index is 991. The predicted octanol–water partition coefficient (Wildman–Crippen LogP) is 4.08. The number of rotatable bonds is 8. The molecule has 0 saturated carbocycles. The van der Waals surface area contributed by atoms with E-state index in [1.54, 1.807) is 25.1 Å². The number of hydrogen-bond donors (Lipinski definition) is 1. The van der Waals surface area contributed by atoms with Crippen LogP contribution >= 0.6 is 11.6 Å². The van der Waals surface area contributed by atoms with Crippen LogP contribution in [0.15, 0.2) is 35.2 Å². The van der Waals surface area contributed by atoms with E-state index in [-0.39, 0.29) is 4.90 Å². The summed E-state index contributed by atoms with van der Waals surface area (Å²) in [7, 11) is -3.88. The Labute approximate surface area is 182 Å². The lowest BCUT2D eigenvalue weighted by molar-refractivity contribution is 0.122. The van der Waals surface area contributed by atoms with Crippen LogP contribution in [0.1, 0.15) is 19.4 Å². The number of halogens is 1. The summed E-state index contributed by atoms with van der Waals surface area (Å²) in [5.41, 5.74) is 1.65. The third-order valence-electron chi connectivity index (χ3n) is 4.76. The van der Waals surface area contributed by atoms with Crippen molar-refractivity contribution in [1.29, 1.82) is 0 Å². The van der Waals surface area contributed by atoms with Crippen molar-refractivity contribution >= 4 is 33.0 Å². The summed E-state index contributed by atoms with van der Waals surface area (Å²) in [5, 5.41) is 0.389. The molecule has 1 fully saturated rings. The van der Waals surface area contributed by atoms with E-state index in [0.29, 0.717) is 54.2 Å². The summed E-state index contributed by atoms with van der Waals surface area (Å²) >= 11 is 6.12. The number of benzene rings is 2. The minimum absolute atomic E-state index is 0.118. The molecule has 3 rings (SSSR count). The lowest BCUT2D eigenvalue weighted by atomic mass is 10.2. The van der Waals surface area contributed by atoms with Gasteiger partial charge in [-0.25, -0.2) is 8.42 Å². The number of nitrogens with zero attached hydrogens (tertiary/aromatic N) is 1. The molecule has 9 heteroatoms. The summed E-state index contributed by atoms with van der Waals surface area (Å²) in [6.45, 7) is 8.94. The van der Waals surface area contributed by atoms with E-state index in [2.05, 4.69) is 9.62 Å². The molecule has 0 aromatic heterocycles. The first-order chi connectivity index (χ1) is 14.4. The predicted molar refractivity (Wildman–Crippen MR) is 119 cm³/mol. The van der Waals surface area contributed by atoms with Crippen LogP contribution < -0.4 is 19.1 Å². The van der Waals surface area contributed by atoms with Crippen LogP contribution in [0.25, 0.3) is 0 Å². The maximum absolute atomic E-state index is 13.1. The maximum Gasteiger partial charge on any atom is 0.262 e. The van der Waals surface area contributed by atoms with Gasteiger partial charge in [0.1, 0.15) is 11.5 Å². The third-order valence-corrected chi connectivity index (χ3v) is 6.68. The van der Waals surface area contributed by atoms with E-state index < -0.39 is 10.0 Å². The summed E-state index contributed by atoms with van der Waals surface area (Å²) < 4.78 is 45.9. The van der Waals surface area contributed by atoms with Crippen molar-refractivity contribution < 1.29 is 22.6 Å². The number of nitrogens with one attached hydrogen (secondary N) is 1.